The third-order valence-corrected chi connectivity index (χ3v) is 5.44. The number of rotatable bonds is 10. The van der Waals surface area contributed by atoms with Gasteiger partial charge in [-0.3, -0.25) is 9.59 Å². The van der Waals surface area contributed by atoms with Crippen molar-refractivity contribution in [3.8, 4) is 0 Å². The first-order valence-corrected chi connectivity index (χ1v) is 9.57. The first kappa shape index (κ1) is 20.4. The van der Waals surface area contributed by atoms with E-state index >= 15 is 0 Å². The molecule has 1 aliphatic heterocycles. The molecular formula is C21H31NO4. The number of carboxylic acids is 1. The van der Waals surface area contributed by atoms with Crippen molar-refractivity contribution in [2.75, 3.05) is 19.7 Å². The number of likely N-dealkylation sites (tertiary alicyclic amines) is 1. The predicted molar refractivity (Wildman–Crippen MR) is 101 cm³/mol. The minimum absolute atomic E-state index is 0.0209. The summed E-state index contributed by atoms with van der Waals surface area (Å²) in [6, 6.07) is 10.0. The Hall–Kier alpha value is -1.88. The normalized spacial score (nSPS) is 21.4. The molecule has 0 bridgehead atoms. The topological polar surface area (TPSA) is 77.8 Å². The van der Waals surface area contributed by atoms with Crippen LogP contribution in [0.5, 0.6) is 0 Å². The number of benzene rings is 1. The number of hydrogen-bond acceptors (Lipinski definition) is 3. The zero-order valence-electron chi connectivity index (χ0n) is 15.9. The van der Waals surface area contributed by atoms with Gasteiger partial charge in [-0.1, -0.05) is 44.2 Å². The highest BCUT2D eigenvalue weighted by atomic mass is 16.4. The molecule has 0 radical (unpaired) electrons. The van der Waals surface area contributed by atoms with E-state index in [9.17, 15) is 14.7 Å². The maximum absolute atomic E-state index is 13.3. The molecule has 0 spiro atoms. The summed E-state index contributed by atoms with van der Waals surface area (Å²) in [5, 5.41) is 18.9. The molecule has 1 aromatic rings. The molecule has 0 aliphatic carbocycles. The van der Waals surface area contributed by atoms with Gasteiger partial charge in [-0.05, 0) is 43.6 Å². The number of carboxylic acid groups (broad SMARTS) is 1. The molecule has 0 saturated carbocycles. The van der Waals surface area contributed by atoms with Crippen molar-refractivity contribution >= 4 is 11.9 Å². The van der Waals surface area contributed by atoms with Gasteiger partial charge in [0, 0.05) is 19.7 Å². The molecule has 2 N–H and O–H groups in total. The molecular weight excluding hydrogens is 330 g/mol. The molecule has 1 heterocycles. The van der Waals surface area contributed by atoms with E-state index in [4.69, 9.17) is 5.11 Å². The third-order valence-electron chi connectivity index (χ3n) is 5.44. The highest BCUT2D eigenvalue weighted by Crippen LogP contribution is 2.46. The summed E-state index contributed by atoms with van der Waals surface area (Å²) in [5.41, 5.74) is 0.336. The quantitative estimate of drug-likeness (QED) is 0.672. The number of amides is 1. The van der Waals surface area contributed by atoms with Gasteiger partial charge in [-0.15, -0.1) is 0 Å². The largest absolute Gasteiger partial charge is 0.481 e. The summed E-state index contributed by atoms with van der Waals surface area (Å²) >= 11 is 0. The summed E-state index contributed by atoms with van der Waals surface area (Å²) in [7, 11) is 0. The maximum Gasteiger partial charge on any atom is 0.307 e. The number of aliphatic hydroxyl groups excluding tert-OH is 1. The van der Waals surface area contributed by atoms with Crippen molar-refractivity contribution in [2.24, 2.45) is 17.3 Å². The Bertz CT molecular complexity index is 601. The zero-order valence-corrected chi connectivity index (χ0v) is 15.9. The van der Waals surface area contributed by atoms with Crippen LogP contribution in [0.4, 0.5) is 0 Å². The average Bonchev–Trinajstić information content (AvgIpc) is 2.90. The minimum Gasteiger partial charge on any atom is -0.481 e. The smallest absolute Gasteiger partial charge is 0.307 e. The van der Waals surface area contributed by atoms with Gasteiger partial charge < -0.3 is 15.1 Å². The van der Waals surface area contributed by atoms with E-state index in [1.165, 1.54) is 5.56 Å². The lowest BCUT2D eigenvalue weighted by molar-refractivity contribution is -0.155. The maximum atomic E-state index is 13.3. The molecule has 1 fully saturated rings. The molecule has 1 amide bonds. The van der Waals surface area contributed by atoms with Crippen LogP contribution in [0.3, 0.4) is 0 Å². The second-order valence-corrected chi connectivity index (χ2v) is 7.79. The lowest BCUT2D eigenvalue weighted by atomic mass is 9.67. The van der Waals surface area contributed by atoms with Crippen LogP contribution in [0, 0.1) is 17.3 Å². The number of hydrogen-bond donors (Lipinski definition) is 2. The number of carbonyl (C=O) groups excluding carboxylic acids is 1. The molecule has 5 nitrogen and oxygen atoms in total. The first-order valence-electron chi connectivity index (χ1n) is 9.57. The third kappa shape index (κ3) is 4.64. The zero-order chi connectivity index (χ0) is 19.2. The van der Waals surface area contributed by atoms with Gasteiger partial charge in [0.05, 0.1) is 11.3 Å². The highest BCUT2D eigenvalue weighted by Gasteiger charge is 2.54. The molecule has 5 heteroatoms. The Kier molecular flexibility index (Phi) is 7.21. The fraction of sp³-hybridized carbons (Fsp3) is 0.619. The van der Waals surface area contributed by atoms with E-state index < -0.39 is 17.3 Å². The van der Waals surface area contributed by atoms with Crippen molar-refractivity contribution < 1.29 is 19.8 Å². The van der Waals surface area contributed by atoms with Crippen LogP contribution >= 0.6 is 0 Å². The number of aliphatic carboxylic acids is 1. The standard InChI is InChI=1S/C21H31NO4/c1-16(2)15-21(18(19(24)25)9-6-14-23)11-13-22(20(21)26)12-10-17-7-4-3-5-8-17/h3-5,7-8,16,18,23H,6,9-15H2,1-2H3,(H,24,25). The molecule has 144 valence electrons. The van der Waals surface area contributed by atoms with Crippen LogP contribution in [0.15, 0.2) is 30.3 Å². The summed E-state index contributed by atoms with van der Waals surface area (Å²) in [5.74, 6) is -1.43. The predicted octanol–water partition coefficient (Wildman–Crippen LogP) is 2.97. The first-order chi connectivity index (χ1) is 12.4. The van der Waals surface area contributed by atoms with Crippen LogP contribution in [0.2, 0.25) is 0 Å². The Morgan fingerprint density at radius 1 is 1.27 bits per heavy atom. The van der Waals surface area contributed by atoms with Gasteiger partial charge in [0.1, 0.15) is 0 Å². The Morgan fingerprint density at radius 2 is 1.96 bits per heavy atom. The van der Waals surface area contributed by atoms with Gasteiger partial charge in [-0.2, -0.15) is 0 Å². The van der Waals surface area contributed by atoms with Crippen LogP contribution in [-0.4, -0.2) is 46.7 Å². The number of nitrogens with zero attached hydrogens (tertiary/aromatic N) is 1. The van der Waals surface area contributed by atoms with Crippen molar-refractivity contribution in [3.63, 3.8) is 0 Å². The Labute approximate surface area is 156 Å². The van der Waals surface area contributed by atoms with E-state index in [1.54, 1.807) is 0 Å². The van der Waals surface area contributed by atoms with Gasteiger partial charge >= 0.3 is 5.97 Å². The molecule has 1 saturated heterocycles. The number of aliphatic hydroxyl groups is 1. The molecule has 2 atom stereocenters. The summed E-state index contributed by atoms with van der Waals surface area (Å²) in [6.07, 6.45) is 2.70. The lowest BCUT2D eigenvalue weighted by Gasteiger charge is -2.35. The van der Waals surface area contributed by atoms with Crippen molar-refractivity contribution in [3.05, 3.63) is 35.9 Å². The second-order valence-electron chi connectivity index (χ2n) is 7.79. The van der Waals surface area contributed by atoms with Gasteiger partial charge in [0.25, 0.3) is 0 Å². The average molecular weight is 361 g/mol. The van der Waals surface area contributed by atoms with Crippen LogP contribution in [0.25, 0.3) is 0 Å². The summed E-state index contributed by atoms with van der Waals surface area (Å²) < 4.78 is 0. The molecule has 26 heavy (non-hydrogen) atoms. The van der Waals surface area contributed by atoms with E-state index in [-0.39, 0.29) is 18.4 Å². The summed E-state index contributed by atoms with van der Waals surface area (Å²) in [4.78, 5) is 27.1. The van der Waals surface area contributed by atoms with Crippen LogP contribution in [-0.2, 0) is 16.0 Å². The minimum atomic E-state index is -0.919. The van der Waals surface area contributed by atoms with E-state index in [1.807, 2.05) is 49.1 Å². The Morgan fingerprint density at radius 3 is 2.54 bits per heavy atom. The SMILES string of the molecule is CC(C)CC1(C(CCCO)C(=O)O)CCN(CCc2ccccc2)C1=O. The molecule has 1 aromatic carbocycles. The van der Waals surface area contributed by atoms with Gasteiger partial charge in [0.15, 0.2) is 0 Å². The summed E-state index contributed by atoms with van der Waals surface area (Å²) in [6.45, 7) is 5.25. The van der Waals surface area contributed by atoms with Crippen molar-refractivity contribution in [1.29, 1.82) is 0 Å². The van der Waals surface area contributed by atoms with E-state index in [2.05, 4.69) is 0 Å². The highest BCUT2D eigenvalue weighted by molar-refractivity contribution is 5.90. The van der Waals surface area contributed by atoms with E-state index in [0.29, 0.717) is 38.8 Å². The Balaban J connectivity index is 2.17. The van der Waals surface area contributed by atoms with E-state index in [0.717, 1.165) is 6.42 Å². The van der Waals surface area contributed by atoms with Crippen molar-refractivity contribution in [1.82, 2.24) is 4.90 Å². The van der Waals surface area contributed by atoms with Gasteiger partial charge in [-0.25, -0.2) is 0 Å². The fourth-order valence-corrected chi connectivity index (χ4v) is 4.29. The monoisotopic (exact) mass is 361 g/mol. The second kappa shape index (κ2) is 9.17. The van der Waals surface area contributed by atoms with Gasteiger partial charge in [0.2, 0.25) is 5.91 Å². The molecule has 2 rings (SSSR count). The molecule has 0 aromatic heterocycles. The van der Waals surface area contributed by atoms with Crippen LogP contribution < -0.4 is 0 Å². The number of carbonyl (C=O) groups is 2. The lowest BCUT2D eigenvalue weighted by Crippen LogP contribution is -2.44. The van der Waals surface area contributed by atoms with Crippen LogP contribution in [0.1, 0.15) is 45.1 Å². The van der Waals surface area contributed by atoms with Crippen molar-refractivity contribution in [2.45, 2.75) is 46.0 Å². The molecule has 1 aliphatic rings. The molecule has 2 unspecified atom stereocenters. The fourth-order valence-electron chi connectivity index (χ4n) is 4.29.